The van der Waals surface area contributed by atoms with Gasteiger partial charge in [-0.05, 0) is 48.6 Å². The van der Waals surface area contributed by atoms with Crippen molar-refractivity contribution in [1.29, 1.82) is 0 Å². The third-order valence-corrected chi connectivity index (χ3v) is 8.06. The molecule has 1 saturated carbocycles. The number of carboxylic acids is 1. The minimum Gasteiger partial charge on any atom is -0.493 e. The van der Waals surface area contributed by atoms with Crippen molar-refractivity contribution in [3.63, 3.8) is 0 Å². The minimum atomic E-state index is -4.21. The monoisotopic (exact) mass is 593 g/mol. The number of rotatable bonds is 10. The highest BCUT2D eigenvalue weighted by Gasteiger charge is 2.20. The lowest BCUT2D eigenvalue weighted by molar-refractivity contribution is 0.0696. The molecule has 4 N–H and O–H groups in total. The molecular weight excluding hydrogens is 562 g/mol. The minimum absolute atomic E-state index is 0.0227. The van der Waals surface area contributed by atoms with Crippen LogP contribution in [0.5, 0.6) is 17.6 Å². The highest BCUT2D eigenvalue weighted by molar-refractivity contribution is 7.89. The van der Waals surface area contributed by atoms with E-state index in [0.29, 0.717) is 40.3 Å². The number of aromatic carboxylic acids is 1. The number of aromatic nitrogens is 3. The zero-order valence-corrected chi connectivity index (χ0v) is 24.0. The first-order chi connectivity index (χ1) is 20.1. The van der Waals surface area contributed by atoms with E-state index in [1.165, 1.54) is 38.8 Å². The largest absolute Gasteiger partial charge is 0.493 e. The van der Waals surface area contributed by atoms with Gasteiger partial charge in [0.25, 0.3) is 0 Å². The summed E-state index contributed by atoms with van der Waals surface area (Å²) in [4.78, 5) is 24.6. The summed E-state index contributed by atoms with van der Waals surface area (Å²) in [5.41, 5.74) is 1.93. The van der Waals surface area contributed by atoms with Gasteiger partial charge < -0.3 is 24.6 Å². The van der Waals surface area contributed by atoms with E-state index in [4.69, 9.17) is 19.3 Å². The van der Waals surface area contributed by atoms with Crippen LogP contribution in [0.15, 0.2) is 53.6 Å². The highest BCUT2D eigenvalue weighted by Crippen LogP contribution is 2.34. The third kappa shape index (κ3) is 6.52. The van der Waals surface area contributed by atoms with Gasteiger partial charge in [0.05, 0.1) is 37.5 Å². The number of sulfonamides is 1. The number of nitrogens with zero attached hydrogens (tertiary/aromatic N) is 3. The fraction of sp³-hybridized carbons (Fsp3) is 0.310. The maximum atomic E-state index is 12.6. The third-order valence-electron chi connectivity index (χ3n) is 7.13. The number of primary sulfonamides is 1. The Morgan fingerprint density at radius 2 is 1.83 bits per heavy atom. The van der Waals surface area contributed by atoms with Crippen LogP contribution < -0.4 is 24.7 Å². The molecule has 0 spiro atoms. The van der Waals surface area contributed by atoms with Crippen LogP contribution in [0, 0.1) is 5.92 Å². The second-order valence-electron chi connectivity index (χ2n) is 10.1. The Morgan fingerprint density at radius 1 is 1.05 bits per heavy atom. The van der Waals surface area contributed by atoms with Crippen molar-refractivity contribution < 1.29 is 32.5 Å². The normalized spacial score (nSPS) is 14.0. The van der Waals surface area contributed by atoms with Crippen LogP contribution in [-0.2, 0) is 10.0 Å². The molecule has 4 aromatic rings. The number of nitrogens with one attached hydrogen (secondary N) is 1. The lowest BCUT2D eigenvalue weighted by atomic mass is 9.90. The standard InChI is InChI=1S/C29H31N5O7S/c1-39-27-23(15-31-29(34-27)40-2)18-8-9-19-13-25(42(30,37)38)26(33-24(19)12-18)32-21-10-20(28(35)36)11-22(14-21)41-16-17-6-4-3-5-7-17/h8-15,17H,3-7,16H2,1-2H3,(H,32,33)(H,35,36)(H2,30,37,38). The van der Waals surface area contributed by atoms with Crippen molar-refractivity contribution in [3.8, 4) is 28.8 Å². The number of pyridine rings is 1. The van der Waals surface area contributed by atoms with Gasteiger partial charge in [-0.15, -0.1) is 0 Å². The highest BCUT2D eigenvalue weighted by atomic mass is 32.2. The Hall–Kier alpha value is -4.49. The van der Waals surface area contributed by atoms with Gasteiger partial charge in [0.2, 0.25) is 15.9 Å². The van der Waals surface area contributed by atoms with Crippen LogP contribution in [0.2, 0.25) is 0 Å². The Bertz CT molecular complexity index is 1740. The molecular formula is C29H31N5O7S. The lowest BCUT2D eigenvalue weighted by Gasteiger charge is -2.22. The van der Waals surface area contributed by atoms with Gasteiger partial charge in [0, 0.05) is 23.3 Å². The van der Waals surface area contributed by atoms with E-state index in [1.54, 1.807) is 30.5 Å². The van der Waals surface area contributed by atoms with E-state index in [-0.39, 0.29) is 33.9 Å². The molecule has 0 amide bonds. The van der Waals surface area contributed by atoms with E-state index in [1.807, 2.05) is 0 Å². The predicted octanol–water partition coefficient (Wildman–Crippen LogP) is 4.76. The molecule has 12 nitrogen and oxygen atoms in total. The number of benzene rings is 2. The summed E-state index contributed by atoms with van der Waals surface area (Å²) in [6, 6.07) is 11.2. The van der Waals surface area contributed by atoms with Crippen LogP contribution in [0.25, 0.3) is 22.0 Å². The summed E-state index contributed by atoms with van der Waals surface area (Å²) >= 11 is 0. The topological polar surface area (TPSA) is 176 Å². The molecule has 2 heterocycles. The number of hydrogen-bond acceptors (Lipinski definition) is 10. The van der Waals surface area contributed by atoms with E-state index in [0.717, 1.165) is 25.7 Å². The zero-order chi connectivity index (χ0) is 29.9. The van der Waals surface area contributed by atoms with Crippen LogP contribution in [0.3, 0.4) is 0 Å². The number of carboxylic acid groups (broad SMARTS) is 1. The Labute approximate surface area is 242 Å². The maximum absolute atomic E-state index is 12.6. The van der Waals surface area contributed by atoms with E-state index >= 15 is 0 Å². The van der Waals surface area contributed by atoms with Gasteiger partial charge >= 0.3 is 12.0 Å². The second-order valence-corrected chi connectivity index (χ2v) is 11.6. The van der Waals surface area contributed by atoms with Gasteiger partial charge in [0.15, 0.2) is 5.82 Å². The van der Waals surface area contributed by atoms with Gasteiger partial charge in [-0.25, -0.2) is 28.3 Å². The van der Waals surface area contributed by atoms with Crippen molar-refractivity contribution in [2.45, 2.75) is 37.0 Å². The summed E-state index contributed by atoms with van der Waals surface area (Å²) < 4.78 is 41.6. The summed E-state index contributed by atoms with van der Waals surface area (Å²) in [6.45, 7) is 0.473. The number of nitrogens with two attached hydrogens (primary N) is 1. The quantitative estimate of drug-likeness (QED) is 0.231. The SMILES string of the molecule is COc1ncc(-c2ccc3cc(S(N)(=O)=O)c(Nc4cc(OCC5CCCCC5)cc(C(=O)O)c4)nc3c2)c(OC)n1. The van der Waals surface area contributed by atoms with Crippen LogP contribution >= 0.6 is 0 Å². The Morgan fingerprint density at radius 3 is 2.52 bits per heavy atom. The van der Waals surface area contributed by atoms with Crippen molar-refractivity contribution in [2.75, 3.05) is 26.1 Å². The van der Waals surface area contributed by atoms with Crippen LogP contribution in [0.1, 0.15) is 42.5 Å². The maximum Gasteiger partial charge on any atom is 0.335 e. The average Bonchev–Trinajstić information content (AvgIpc) is 2.99. The molecule has 2 aromatic heterocycles. The molecule has 0 aliphatic heterocycles. The summed E-state index contributed by atoms with van der Waals surface area (Å²) in [5, 5.41) is 18.7. The van der Waals surface area contributed by atoms with Crippen LogP contribution in [-0.4, -0.2) is 55.3 Å². The van der Waals surface area contributed by atoms with Crippen molar-refractivity contribution in [1.82, 2.24) is 15.0 Å². The van der Waals surface area contributed by atoms with Gasteiger partial charge in [-0.2, -0.15) is 4.98 Å². The fourth-order valence-corrected chi connectivity index (χ4v) is 5.66. The number of carbonyl (C=O) groups is 1. The summed E-state index contributed by atoms with van der Waals surface area (Å²) in [7, 11) is -1.29. The van der Waals surface area contributed by atoms with Gasteiger partial charge in [-0.3, -0.25) is 0 Å². The van der Waals surface area contributed by atoms with Crippen molar-refractivity contribution >= 4 is 38.4 Å². The molecule has 2 aromatic carbocycles. The Balaban J connectivity index is 1.53. The molecule has 1 fully saturated rings. The number of methoxy groups -OCH3 is 2. The van der Waals surface area contributed by atoms with Gasteiger partial charge in [0.1, 0.15) is 10.6 Å². The number of ether oxygens (including phenoxy) is 3. The molecule has 220 valence electrons. The molecule has 0 atom stereocenters. The first kappa shape index (κ1) is 29.0. The summed E-state index contributed by atoms with van der Waals surface area (Å²) in [6.07, 6.45) is 7.21. The molecule has 42 heavy (non-hydrogen) atoms. The molecule has 1 aliphatic rings. The molecule has 0 unspecified atom stereocenters. The smallest absolute Gasteiger partial charge is 0.335 e. The molecule has 13 heteroatoms. The Kier molecular flexibility index (Phi) is 8.41. The zero-order valence-electron chi connectivity index (χ0n) is 23.2. The molecule has 5 rings (SSSR count). The van der Waals surface area contributed by atoms with E-state index in [9.17, 15) is 18.3 Å². The molecule has 0 bridgehead atoms. The second kappa shape index (κ2) is 12.2. The number of hydrogen-bond donors (Lipinski definition) is 3. The predicted molar refractivity (Wildman–Crippen MR) is 156 cm³/mol. The molecule has 0 radical (unpaired) electrons. The number of anilines is 2. The van der Waals surface area contributed by atoms with E-state index in [2.05, 4.69) is 20.3 Å². The summed E-state index contributed by atoms with van der Waals surface area (Å²) in [5.74, 6) is -0.175. The molecule has 0 saturated heterocycles. The fourth-order valence-electron chi connectivity index (χ4n) is 5.01. The van der Waals surface area contributed by atoms with Crippen molar-refractivity contribution in [2.24, 2.45) is 11.1 Å². The van der Waals surface area contributed by atoms with Gasteiger partial charge in [-0.1, -0.05) is 31.4 Å². The van der Waals surface area contributed by atoms with E-state index < -0.39 is 16.0 Å². The molecule has 1 aliphatic carbocycles. The van der Waals surface area contributed by atoms with Crippen LogP contribution in [0.4, 0.5) is 11.5 Å². The number of fused-ring (bicyclic) bond motifs is 1. The average molecular weight is 594 g/mol. The first-order valence-electron chi connectivity index (χ1n) is 13.4. The first-order valence-corrected chi connectivity index (χ1v) is 14.9. The lowest BCUT2D eigenvalue weighted by Crippen LogP contribution is -2.16. The van der Waals surface area contributed by atoms with Crippen molar-refractivity contribution in [3.05, 3.63) is 54.2 Å².